The van der Waals surface area contributed by atoms with Gasteiger partial charge in [-0.25, -0.2) is 4.79 Å². The van der Waals surface area contributed by atoms with E-state index in [1.165, 1.54) is 7.11 Å². The maximum atomic E-state index is 15.2. The average molecular weight is 516 g/mol. The van der Waals surface area contributed by atoms with Crippen molar-refractivity contribution in [1.29, 1.82) is 0 Å². The summed E-state index contributed by atoms with van der Waals surface area (Å²) in [7, 11) is 3.10. The lowest BCUT2D eigenvalue weighted by Gasteiger charge is -2.37. The second kappa shape index (κ2) is 9.75. The minimum Gasteiger partial charge on any atom is -0.453 e. The Labute approximate surface area is 213 Å². The van der Waals surface area contributed by atoms with Crippen LogP contribution in [-0.4, -0.2) is 71.8 Å². The molecule has 37 heavy (non-hydrogen) atoms. The van der Waals surface area contributed by atoms with Gasteiger partial charge in [-0.2, -0.15) is 13.9 Å². The van der Waals surface area contributed by atoms with E-state index < -0.39 is 18.4 Å². The maximum absolute atomic E-state index is 15.2. The highest BCUT2D eigenvalue weighted by Gasteiger charge is 2.40. The van der Waals surface area contributed by atoms with Crippen molar-refractivity contribution < 1.29 is 27.9 Å². The molecule has 3 aliphatic heterocycles. The van der Waals surface area contributed by atoms with Crippen molar-refractivity contribution in [2.24, 2.45) is 13.0 Å². The number of methoxy groups -OCH3 is 1. The number of ether oxygens (including phenoxy) is 1. The zero-order valence-corrected chi connectivity index (χ0v) is 21.0. The molecule has 0 spiro atoms. The molecule has 9 nitrogen and oxygen atoms in total. The normalized spacial score (nSPS) is 22.7. The molecule has 1 N–H and O–H groups in total. The van der Waals surface area contributed by atoms with Crippen LogP contribution in [0.15, 0.2) is 29.8 Å². The van der Waals surface area contributed by atoms with Crippen LogP contribution in [0, 0.1) is 5.92 Å². The predicted octanol–water partition coefficient (Wildman–Crippen LogP) is 3.34. The summed E-state index contributed by atoms with van der Waals surface area (Å²) >= 11 is 0. The van der Waals surface area contributed by atoms with Crippen LogP contribution in [0.3, 0.4) is 0 Å². The van der Waals surface area contributed by atoms with Crippen LogP contribution in [0.4, 0.5) is 19.3 Å². The number of hydrogen-bond acceptors (Lipinski definition) is 6. The van der Waals surface area contributed by atoms with Gasteiger partial charge in [0.05, 0.1) is 30.8 Å². The van der Waals surface area contributed by atoms with Crippen LogP contribution in [0.5, 0.6) is 0 Å². The first-order chi connectivity index (χ1) is 17.7. The number of likely N-dealkylation sites (tertiary alicyclic amines) is 1. The molecule has 3 aliphatic rings. The first-order valence-corrected chi connectivity index (χ1v) is 12.6. The predicted molar refractivity (Wildman–Crippen MR) is 132 cm³/mol. The van der Waals surface area contributed by atoms with E-state index in [2.05, 4.69) is 10.4 Å². The van der Waals surface area contributed by atoms with Crippen molar-refractivity contribution in [3.63, 3.8) is 0 Å². The number of hydrogen-bond donors (Lipinski definition) is 1. The number of amides is 3. The Morgan fingerprint density at radius 3 is 2.65 bits per heavy atom. The topological polar surface area (TPSA) is 96.8 Å². The van der Waals surface area contributed by atoms with Gasteiger partial charge in [0.1, 0.15) is 0 Å². The molecule has 2 aromatic rings. The van der Waals surface area contributed by atoms with Crippen molar-refractivity contribution in [3.05, 3.63) is 35.5 Å². The highest BCUT2D eigenvalue weighted by atomic mass is 19.3. The number of carbonyl (C=O) groups is 3. The third kappa shape index (κ3) is 4.91. The van der Waals surface area contributed by atoms with Gasteiger partial charge in [-0.1, -0.05) is 6.08 Å². The van der Waals surface area contributed by atoms with Gasteiger partial charge in [0.2, 0.25) is 11.8 Å². The van der Waals surface area contributed by atoms with E-state index in [1.54, 1.807) is 33.7 Å². The lowest BCUT2D eigenvalue weighted by molar-refractivity contribution is -0.134. The first kappa shape index (κ1) is 25.2. The average Bonchev–Trinajstić information content (AvgIpc) is 3.20. The molecule has 0 saturated carbocycles. The summed E-state index contributed by atoms with van der Waals surface area (Å²) in [5.74, 6) is -4.01. The molecular formula is C26H31F2N5O4. The van der Waals surface area contributed by atoms with Crippen LogP contribution < -0.4 is 10.2 Å². The molecule has 1 aromatic carbocycles. The number of halogens is 2. The molecule has 0 bridgehead atoms. The highest BCUT2D eigenvalue weighted by Crippen LogP contribution is 2.38. The summed E-state index contributed by atoms with van der Waals surface area (Å²) in [5.41, 5.74) is 2.17. The molecule has 0 aliphatic carbocycles. The van der Waals surface area contributed by atoms with Crippen LogP contribution in [0.2, 0.25) is 0 Å². The van der Waals surface area contributed by atoms with Gasteiger partial charge in [-0.15, -0.1) is 0 Å². The minimum atomic E-state index is -2.96. The van der Waals surface area contributed by atoms with Gasteiger partial charge in [-0.3, -0.25) is 19.6 Å². The van der Waals surface area contributed by atoms with Gasteiger partial charge in [0, 0.05) is 44.2 Å². The lowest BCUT2D eigenvalue weighted by atomic mass is 9.86. The van der Waals surface area contributed by atoms with Crippen LogP contribution >= 0.6 is 0 Å². The van der Waals surface area contributed by atoms with Crippen molar-refractivity contribution in [2.45, 2.75) is 43.9 Å². The Kier molecular flexibility index (Phi) is 6.63. The quantitative estimate of drug-likeness (QED) is 0.496. The Morgan fingerprint density at radius 2 is 1.97 bits per heavy atom. The number of fused-ring (bicyclic) bond motifs is 1. The highest BCUT2D eigenvalue weighted by molar-refractivity contribution is 6.02. The summed E-state index contributed by atoms with van der Waals surface area (Å²) < 4.78 is 36.9. The SMILES string of the molecule is COC(=O)N1CCC(CC2=CCN(c3ccc4c(C5CCC(=O)NC5=O)nn(C)c4c3)CC2(F)F)CC1. The van der Waals surface area contributed by atoms with Crippen molar-refractivity contribution in [1.82, 2.24) is 20.0 Å². The van der Waals surface area contributed by atoms with E-state index in [4.69, 9.17) is 4.74 Å². The fourth-order valence-electron chi connectivity index (χ4n) is 5.65. The van der Waals surface area contributed by atoms with Crippen LogP contribution in [0.1, 0.15) is 43.7 Å². The summed E-state index contributed by atoms with van der Waals surface area (Å²) in [4.78, 5) is 38.9. The molecule has 0 radical (unpaired) electrons. The molecule has 2 saturated heterocycles. The molecule has 1 unspecified atom stereocenters. The molecule has 5 rings (SSSR count). The minimum absolute atomic E-state index is 0.112. The number of nitrogens with one attached hydrogen (secondary N) is 1. The van der Waals surface area contributed by atoms with Gasteiger partial charge < -0.3 is 14.5 Å². The second-order valence-corrected chi connectivity index (χ2v) is 10.1. The number of piperidine rings is 2. The Hall–Kier alpha value is -3.50. The number of aromatic nitrogens is 2. The molecule has 1 aromatic heterocycles. The van der Waals surface area contributed by atoms with Crippen LogP contribution in [0.25, 0.3) is 10.9 Å². The number of imide groups is 1. The van der Waals surface area contributed by atoms with Gasteiger partial charge >= 0.3 is 6.09 Å². The smallest absolute Gasteiger partial charge is 0.409 e. The third-order valence-corrected chi connectivity index (χ3v) is 7.77. The largest absolute Gasteiger partial charge is 0.453 e. The van der Waals surface area contributed by atoms with E-state index in [-0.39, 0.29) is 35.8 Å². The Morgan fingerprint density at radius 1 is 1.22 bits per heavy atom. The number of nitrogens with zero attached hydrogens (tertiary/aromatic N) is 4. The molecule has 198 valence electrons. The maximum Gasteiger partial charge on any atom is 0.409 e. The number of anilines is 1. The first-order valence-electron chi connectivity index (χ1n) is 12.6. The fraction of sp³-hybridized carbons (Fsp3) is 0.538. The standard InChI is InChI=1S/C26H31F2N5O4/c1-31-21-14-18(3-4-19(21)23(30-31)20-5-6-22(34)29-24(20)35)33-12-9-17(26(27,28)15-33)13-16-7-10-32(11-8-16)25(36)37-2/h3-4,9,14,16,20H,5-8,10-13,15H2,1-2H3,(H,29,34,35). The van der Waals surface area contributed by atoms with Crippen molar-refractivity contribution >= 4 is 34.5 Å². The molecule has 1 atom stereocenters. The monoisotopic (exact) mass is 515 g/mol. The molecule has 2 fully saturated rings. The van der Waals surface area contributed by atoms with E-state index >= 15 is 8.78 Å². The molecule has 11 heteroatoms. The van der Waals surface area contributed by atoms with E-state index in [9.17, 15) is 14.4 Å². The lowest BCUT2D eigenvalue weighted by Crippen LogP contribution is -2.44. The van der Waals surface area contributed by atoms with Gasteiger partial charge in [-0.05, 0) is 55.4 Å². The van der Waals surface area contributed by atoms with E-state index in [0.29, 0.717) is 56.7 Å². The van der Waals surface area contributed by atoms with E-state index in [0.717, 1.165) is 10.9 Å². The fourth-order valence-corrected chi connectivity index (χ4v) is 5.65. The summed E-state index contributed by atoms with van der Waals surface area (Å²) in [6.07, 6.45) is 3.61. The number of benzene rings is 1. The van der Waals surface area contributed by atoms with Crippen molar-refractivity contribution in [2.75, 3.05) is 38.2 Å². The summed E-state index contributed by atoms with van der Waals surface area (Å²) in [6.45, 7) is 1.00. The Bertz CT molecular complexity index is 1270. The summed E-state index contributed by atoms with van der Waals surface area (Å²) in [6, 6.07) is 5.44. The molecule has 4 heterocycles. The number of rotatable bonds is 4. The van der Waals surface area contributed by atoms with Gasteiger partial charge in [0.15, 0.2) is 0 Å². The Balaban J connectivity index is 1.30. The van der Waals surface area contributed by atoms with Crippen molar-refractivity contribution in [3.8, 4) is 0 Å². The number of carbonyl (C=O) groups excluding carboxylic acids is 3. The number of alkyl halides is 2. The summed E-state index contributed by atoms with van der Waals surface area (Å²) in [5, 5.41) is 7.68. The number of aryl methyl sites for hydroxylation is 1. The van der Waals surface area contributed by atoms with E-state index in [1.807, 2.05) is 12.1 Å². The van der Waals surface area contributed by atoms with Crippen LogP contribution in [-0.2, 0) is 21.4 Å². The van der Waals surface area contributed by atoms with Gasteiger partial charge in [0.25, 0.3) is 5.92 Å². The second-order valence-electron chi connectivity index (χ2n) is 10.1. The third-order valence-electron chi connectivity index (χ3n) is 7.77. The molecular weight excluding hydrogens is 484 g/mol. The molecule has 3 amide bonds. The zero-order valence-electron chi connectivity index (χ0n) is 21.0. The zero-order chi connectivity index (χ0) is 26.3.